The Balaban J connectivity index is 1.92. The quantitative estimate of drug-likeness (QED) is 0.807. The highest BCUT2D eigenvalue weighted by molar-refractivity contribution is 5.63. The van der Waals surface area contributed by atoms with Crippen molar-refractivity contribution in [3.8, 4) is 11.3 Å². The SMILES string of the molecule is FC(F)(F)c1ccccc1-c1cnn(Nc2ccccn2)n1. The van der Waals surface area contributed by atoms with E-state index in [1.807, 2.05) is 0 Å². The molecule has 0 spiro atoms. The van der Waals surface area contributed by atoms with E-state index in [4.69, 9.17) is 0 Å². The highest BCUT2D eigenvalue weighted by Gasteiger charge is 2.33. The average Bonchev–Trinajstić information content (AvgIpc) is 2.96. The summed E-state index contributed by atoms with van der Waals surface area (Å²) in [5.74, 6) is 0.480. The first-order valence-electron chi connectivity index (χ1n) is 6.31. The fourth-order valence-electron chi connectivity index (χ4n) is 1.93. The molecule has 22 heavy (non-hydrogen) atoms. The molecule has 0 amide bonds. The van der Waals surface area contributed by atoms with E-state index in [0.717, 1.165) is 11.0 Å². The summed E-state index contributed by atoms with van der Waals surface area (Å²) in [6.07, 6.45) is -1.61. The van der Waals surface area contributed by atoms with Gasteiger partial charge in [-0.25, -0.2) is 10.4 Å². The number of benzene rings is 1. The van der Waals surface area contributed by atoms with E-state index in [9.17, 15) is 13.2 Å². The number of pyridine rings is 1. The van der Waals surface area contributed by atoms with Gasteiger partial charge in [0.1, 0.15) is 11.5 Å². The van der Waals surface area contributed by atoms with Crippen LogP contribution in [-0.2, 0) is 6.18 Å². The molecule has 0 atom stereocenters. The average molecular weight is 305 g/mol. The summed E-state index contributed by atoms with van der Waals surface area (Å²) in [7, 11) is 0. The summed E-state index contributed by atoms with van der Waals surface area (Å²) in [5.41, 5.74) is 2.10. The molecule has 2 aromatic heterocycles. The largest absolute Gasteiger partial charge is 0.417 e. The lowest BCUT2D eigenvalue weighted by molar-refractivity contribution is -0.137. The van der Waals surface area contributed by atoms with Crippen molar-refractivity contribution in [1.29, 1.82) is 0 Å². The number of anilines is 1. The van der Waals surface area contributed by atoms with Crippen molar-refractivity contribution in [1.82, 2.24) is 20.1 Å². The topological polar surface area (TPSA) is 55.6 Å². The minimum atomic E-state index is -4.45. The maximum Gasteiger partial charge on any atom is 0.417 e. The fraction of sp³-hybridized carbons (Fsp3) is 0.0714. The summed E-state index contributed by atoms with van der Waals surface area (Å²) < 4.78 is 39.0. The Morgan fingerprint density at radius 2 is 1.77 bits per heavy atom. The molecule has 2 heterocycles. The molecule has 5 nitrogen and oxygen atoms in total. The monoisotopic (exact) mass is 305 g/mol. The van der Waals surface area contributed by atoms with Gasteiger partial charge in [0.2, 0.25) is 0 Å². The Morgan fingerprint density at radius 1 is 1.00 bits per heavy atom. The highest BCUT2D eigenvalue weighted by atomic mass is 19.4. The summed E-state index contributed by atoms with van der Waals surface area (Å²) in [6.45, 7) is 0. The maximum absolute atomic E-state index is 13.0. The number of hydrogen-bond acceptors (Lipinski definition) is 4. The molecule has 0 aliphatic heterocycles. The van der Waals surface area contributed by atoms with Crippen LogP contribution in [0.15, 0.2) is 54.9 Å². The first-order chi connectivity index (χ1) is 10.5. The second-order valence-electron chi connectivity index (χ2n) is 4.39. The molecule has 0 unspecified atom stereocenters. The van der Waals surface area contributed by atoms with Gasteiger partial charge < -0.3 is 0 Å². The van der Waals surface area contributed by atoms with E-state index in [1.54, 1.807) is 24.4 Å². The lowest BCUT2D eigenvalue weighted by atomic mass is 10.1. The van der Waals surface area contributed by atoms with Gasteiger partial charge in [0.05, 0.1) is 11.8 Å². The van der Waals surface area contributed by atoms with Crippen LogP contribution in [0.25, 0.3) is 11.3 Å². The van der Waals surface area contributed by atoms with Crippen molar-refractivity contribution < 1.29 is 13.2 Å². The van der Waals surface area contributed by atoms with Crippen molar-refractivity contribution in [3.63, 3.8) is 0 Å². The Bertz CT molecular complexity index is 767. The molecule has 3 rings (SSSR count). The van der Waals surface area contributed by atoms with Crippen molar-refractivity contribution in [2.45, 2.75) is 6.18 Å². The normalized spacial score (nSPS) is 11.4. The standard InChI is InChI=1S/C14H10F3N5/c15-14(16,17)11-6-2-1-5-10(11)12-9-19-22(20-12)21-13-7-3-4-8-18-13/h1-9H,(H,18,21). The van der Waals surface area contributed by atoms with E-state index < -0.39 is 11.7 Å². The predicted molar refractivity (Wildman–Crippen MR) is 73.7 cm³/mol. The zero-order chi connectivity index (χ0) is 15.6. The van der Waals surface area contributed by atoms with E-state index in [-0.39, 0.29) is 11.3 Å². The molecule has 1 N–H and O–H groups in total. The van der Waals surface area contributed by atoms with E-state index in [0.29, 0.717) is 5.82 Å². The van der Waals surface area contributed by atoms with Crippen LogP contribution in [-0.4, -0.2) is 20.1 Å². The van der Waals surface area contributed by atoms with Gasteiger partial charge >= 0.3 is 6.18 Å². The third-order valence-corrected chi connectivity index (χ3v) is 2.88. The molecule has 0 radical (unpaired) electrons. The zero-order valence-electron chi connectivity index (χ0n) is 11.1. The molecule has 0 aliphatic carbocycles. The molecule has 0 saturated carbocycles. The van der Waals surface area contributed by atoms with Crippen molar-refractivity contribution in [3.05, 3.63) is 60.4 Å². The Hall–Kier alpha value is -2.90. The summed E-state index contributed by atoms with van der Waals surface area (Å²) in [6, 6.07) is 10.4. The minimum absolute atomic E-state index is 0.0240. The Morgan fingerprint density at radius 3 is 2.50 bits per heavy atom. The van der Waals surface area contributed by atoms with E-state index in [1.165, 1.54) is 24.4 Å². The Labute approximate surface area is 123 Å². The molecule has 0 aliphatic rings. The fourth-order valence-corrected chi connectivity index (χ4v) is 1.93. The number of halogens is 3. The van der Waals surface area contributed by atoms with Gasteiger partial charge in [-0.2, -0.15) is 13.2 Å². The van der Waals surface area contributed by atoms with Crippen molar-refractivity contribution in [2.75, 3.05) is 5.43 Å². The van der Waals surface area contributed by atoms with Crippen LogP contribution in [0, 0.1) is 0 Å². The number of hydrogen-bond donors (Lipinski definition) is 1. The lowest BCUT2D eigenvalue weighted by Gasteiger charge is -2.10. The predicted octanol–water partition coefficient (Wildman–Crippen LogP) is 3.23. The van der Waals surface area contributed by atoms with Crippen molar-refractivity contribution in [2.24, 2.45) is 0 Å². The van der Waals surface area contributed by atoms with Gasteiger partial charge in [0, 0.05) is 11.8 Å². The number of nitrogens with one attached hydrogen (secondary N) is 1. The molecule has 0 bridgehead atoms. The Kier molecular flexibility index (Phi) is 3.50. The molecule has 112 valence electrons. The number of aromatic nitrogens is 4. The van der Waals surface area contributed by atoms with E-state index >= 15 is 0 Å². The van der Waals surface area contributed by atoms with Gasteiger partial charge in [-0.15, -0.1) is 10.2 Å². The molecular formula is C14H10F3N5. The number of nitrogens with zero attached hydrogens (tertiary/aromatic N) is 4. The van der Waals surface area contributed by atoms with Crippen LogP contribution >= 0.6 is 0 Å². The van der Waals surface area contributed by atoms with Crippen molar-refractivity contribution >= 4 is 5.82 Å². The van der Waals surface area contributed by atoms with E-state index in [2.05, 4.69) is 20.6 Å². The summed E-state index contributed by atoms with van der Waals surface area (Å²) >= 11 is 0. The van der Waals surface area contributed by atoms with Crippen LogP contribution in [0.5, 0.6) is 0 Å². The zero-order valence-corrected chi connectivity index (χ0v) is 11.1. The third-order valence-electron chi connectivity index (χ3n) is 2.88. The first-order valence-corrected chi connectivity index (χ1v) is 6.31. The second-order valence-corrected chi connectivity index (χ2v) is 4.39. The molecule has 8 heteroatoms. The van der Waals surface area contributed by atoms with Gasteiger partial charge in [-0.3, -0.25) is 0 Å². The second kappa shape index (κ2) is 5.47. The molecule has 3 aromatic rings. The highest BCUT2D eigenvalue weighted by Crippen LogP contribution is 2.35. The first kappa shape index (κ1) is 14.1. The van der Waals surface area contributed by atoms with Gasteiger partial charge in [0.25, 0.3) is 0 Å². The summed E-state index contributed by atoms with van der Waals surface area (Å²) in [5, 5.41) is 7.90. The van der Waals surface area contributed by atoms with Crippen LogP contribution in [0.3, 0.4) is 0 Å². The van der Waals surface area contributed by atoms with Crippen LogP contribution in [0.1, 0.15) is 5.56 Å². The molecule has 1 aromatic carbocycles. The van der Waals surface area contributed by atoms with Gasteiger partial charge in [-0.1, -0.05) is 29.2 Å². The van der Waals surface area contributed by atoms with Gasteiger partial charge in [0.15, 0.2) is 0 Å². The van der Waals surface area contributed by atoms with Crippen LogP contribution in [0.4, 0.5) is 19.0 Å². The third kappa shape index (κ3) is 2.90. The lowest BCUT2D eigenvalue weighted by Crippen LogP contribution is -2.13. The molecular weight excluding hydrogens is 295 g/mol. The van der Waals surface area contributed by atoms with Crippen LogP contribution < -0.4 is 5.43 Å². The minimum Gasteiger partial charge on any atom is -0.244 e. The molecule has 0 fully saturated rings. The number of alkyl halides is 3. The maximum atomic E-state index is 13.0. The number of rotatable bonds is 3. The van der Waals surface area contributed by atoms with Gasteiger partial charge in [-0.05, 0) is 18.2 Å². The summed E-state index contributed by atoms with van der Waals surface area (Å²) in [4.78, 5) is 5.10. The smallest absolute Gasteiger partial charge is 0.244 e. The van der Waals surface area contributed by atoms with Crippen LogP contribution in [0.2, 0.25) is 0 Å². The molecule has 0 saturated heterocycles.